The lowest BCUT2D eigenvalue weighted by molar-refractivity contribution is 0.475. The molecule has 2 rings (SSSR count). The second-order valence-electron chi connectivity index (χ2n) is 3.86. The van der Waals surface area contributed by atoms with E-state index in [2.05, 4.69) is 16.0 Å². The molecule has 2 N–H and O–H groups in total. The van der Waals surface area contributed by atoms with Crippen LogP contribution in [0.15, 0.2) is 24.3 Å². The lowest BCUT2D eigenvalue weighted by atomic mass is 10.1. The summed E-state index contributed by atoms with van der Waals surface area (Å²) in [5, 5.41) is 18.1. The van der Waals surface area contributed by atoms with Crippen LogP contribution in [-0.2, 0) is 6.42 Å². The van der Waals surface area contributed by atoms with Gasteiger partial charge in [-0.2, -0.15) is 5.26 Å². The Balaban J connectivity index is 2.41. The van der Waals surface area contributed by atoms with E-state index in [0.29, 0.717) is 12.8 Å². The molecule has 0 saturated heterocycles. The Kier molecular flexibility index (Phi) is 3.10. The smallest absolute Gasteiger partial charge is 0.116 e. The number of imidazole rings is 1. The van der Waals surface area contributed by atoms with E-state index in [9.17, 15) is 5.11 Å². The molecule has 17 heavy (non-hydrogen) atoms. The van der Waals surface area contributed by atoms with Gasteiger partial charge >= 0.3 is 0 Å². The van der Waals surface area contributed by atoms with Gasteiger partial charge in [-0.1, -0.05) is 12.1 Å². The van der Waals surface area contributed by atoms with Crippen molar-refractivity contribution < 1.29 is 5.11 Å². The summed E-state index contributed by atoms with van der Waals surface area (Å²) in [6.45, 7) is 1.88. The van der Waals surface area contributed by atoms with Gasteiger partial charge in [0, 0.05) is 24.1 Å². The summed E-state index contributed by atoms with van der Waals surface area (Å²) in [6.07, 6.45) is 1.09. The second-order valence-corrected chi connectivity index (χ2v) is 3.86. The number of aromatic amines is 1. The molecule has 0 aliphatic carbocycles. The van der Waals surface area contributed by atoms with Crippen LogP contribution >= 0.6 is 0 Å². The maximum atomic E-state index is 9.46. The number of phenolic OH excluding ortho intramolecular Hbond substituents is 1. The Labute approximate surface area is 99.6 Å². The average molecular weight is 227 g/mol. The van der Waals surface area contributed by atoms with Crippen LogP contribution in [0, 0.1) is 18.3 Å². The molecule has 86 valence electrons. The summed E-state index contributed by atoms with van der Waals surface area (Å²) in [5.74, 6) is 1.03. The zero-order valence-corrected chi connectivity index (χ0v) is 9.57. The van der Waals surface area contributed by atoms with Gasteiger partial charge in [0.05, 0.1) is 11.8 Å². The Morgan fingerprint density at radius 1 is 1.47 bits per heavy atom. The molecular weight excluding hydrogens is 214 g/mol. The lowest BCUT2D eigenvalue weighted by Gasteiger charge is -2.01. The van der Waals surface area contributed by atoms with Crippen molar-refractivity contribution in [2.24, 2.45) is 0 Å². The number of nitrogens with zero attached hydrogens (tertiary/aromatic N) is 2. The van der Waals surface area contributed by atoms with Crippen molar-refractivity contribution in [1.29, 1.82) is 5.26 Å². The molecule has 2 aromatic rings. The highest BCUT2D eigenvalue weighted by Gasteiger charge is 2.10. The number of aryl methyl sites for hydroxylation is 2. The summed E-state index contributed by atoms with van der Waals surface area (Å²) in [7, 11) is 0. The van der Waals surface area contributed by atoms with E-state index in [1.807, 2.05) is 13.0 Å². The molecule has 1 aromatic heterocycles. The minimum absolute atomic E-state index is 0.217. The predicted octanol–water partition coefficient (Wildman–Crippen LogP) is 2.55. The van der Waals surface area contributed by atoms with Crippen LogP contribution < -0.4 is 0 Å². The topological polar surface area (TPSA) is 72.7 Å². The fraction of sp³-hybridized carbons (Fsp3) is 0.231. The maximum absolute atomic E-state index is 9.46. The molecule has 0 amide bonds. The van der Waals surface area contributed by atoms with Crippen LogP contribution in [0.25, 0.3) is 11.3 Å². The van der Waals surface area contributed by atoms with Crippen molar-refractivity contribution in [2.45, 2.75) is 19.8 Å². The molecule has 1 aromatic carbocycles. The number of hydrogen-bond donors (Lipinski definition) is 2. The summed E-state index contributed by atoms with van der Waals surface area (Å²) in [4.78, 5) is 7.55. The molecule has 0 aliphatic rings. The number of hydrogen-bond acceptors (Lipinski definition) is 3. The third-order valence-electron chi connectivity index (χ3n) is 2.50. The van der Waals surface area contributed by atoms with Gasteiger partial charge in [-0.05, 0) is 19.1 Å². The Morgan fingerprint density at radius 2 is 2.29 bits per heavy atom. The Bertz CT molecular complexity index is 566. The third-order valence-corrected chi connectivity index (χ3v) is 2.50. The molecule has 0 radical (unpaired) electrons. The normalized spacial score (nSPS) is 10.1. The molecule has 0 aliphatic heterocycles. The maximum Gasteiger partial charge on any atom is 0.116 e. The molecular formula is C13H13N3O. The molecule has 0 unspecified atom stereocenters. The third kappa shape index (κ3) is 2.45. The largest absolute Gasteiger partial charge is 0.508 e. The number of aromatic nitrogens is 2. The van der Waals surface area contributed by atoms with Crippen LogP contribution in [0.3, 0.4) is 0 Å². The predicted molar refractivity (Wildman–Crippen MR) is 64.4 cm³/mol. The van der Waals surface area contributed by atoms with Crippen molar-refractivity contribution >= 4 is 0 Å². The van der Waals surface area contributed by atoms with Gasteiger partial charge in [0.2, 0.25) is 0 Å². The first-order chi connectivity index (χ1) is 8.20. The van der Waals surface area contributed by atoms with Crippen LogP contribution in [0.2, 0.25) is 0 Å². The monoisotopic (exact) mass is 227 g/mol. The number of aromatic hydroxyl groups is 1. The first kappa shape index (κ1) is 11.2. The summed E-state index contributed by atoms with van der Waals surface area (Å²) in [6, 6.07) is 9.09. The summed E-state index contributed by atoms with van der Waals surface area (Å²) in [5.41, 5.74) is 2.62. The number of nitriles is 1. The molecule has 0 fully saturated rings. The summed E-state index contributed by atoms with van der Waals surface area (Å²) < 4.78 is 0. The van der Waals surface area contributed by atoms with Gasteiger partial charge < -0.3 is 10.1 Å². The van der Waals surface area contributed by atoms with Crippen LogP contribution in [0.4, 0.5) is 0 Å². The van der Waals surface area contributed by atoms with E-state index in [-0.39, 0.29) is 5.75 Å². The SMILES string of the molecule is Cc1nc(-c2cccc(O)c2)c(CCC#N)[nH]1. The Hall–Kier alpha value is -2.28. The second kappa shape index (κ2) is 4.71. The first-order valence-corrected chi connectivity index (χ1v) is 5.42. The minimum atomic E-state index is 0.217. The quantitative estimate of drug-likeness (QED) is 0.846. The summed E-state index contributed by atoms with van der Waals surface area (Å²) >= 11 is 0. The molecule has 4 nitrogen and oxygen atoms in total. The van der Waals surface area contributed by atoms with E-state index in [1.165, 1.54) is 0 Å². The average Bonchev–Trinajstić information content (AvgIpc) is 2.68. The number of rotatable bonds is 3. The standard InChI is InChI=1S/C13H13N3O/c1-9-15-12(6-3-7-14)13(16-9)10-4-2-5-11(17)8-10/h2,4-5,8,17H,3,6H2,1H3,(H,15,16). The fourth-order valence-electron chi connectivity index (χ4n) is 1.79. The van der Waals surface area contributed by atoms with Crippen molar-refractivity contribution in [1.82, 2.24) is 9.97 Å². The molecule has 0 bridgehead atoms. The van der Waals surface area contributed by atoms with Crippen LogP contribution in [0.5, 0.6) is 5.75 Å². The molecule has 4 heteroatoms. The van der Waals surface area contributed by atoms with E-state index >= 15 is 0 Å². The highest BCUT2D eigenvalue weighted by molar-refractivity contribution is 5.63. The highest BCUT2D eigenvalue weighted by atomic mass is 16.3. The number of benzene rings is 1. The van der Waals surface area contributed by atoms with Gasteiger partial charge in [0.15, 0.2) is 0 Å². The van der Waals surface area contributed by atoms with E-state index in [0.717, 1.165) is 22.8 Å². The molecule has 0 spiro atoms. The molecule has 1 heterocycles. The van der Waals surface area contributed by atoms with Crippen molar-refractivity contribution in [2.75, 3.05) is 0 Å². The van der Waals surface area contributed by atoms with E-state index in [1.54, 1.807) is 18.2 Å². The first-order valence-electron chi connectivity index (χ1n) is 5.42. The lowest BCUT2D eigenvalue weighted by Crippen LogP contribution is -1.88. The van der Waals surface area contributed by atoms with Gasteiger partial charge in [0.25, 0.3) is 0 Å². The van der Waals surface area contributed by atoms with Crippen molar-refractivity contribution in [3.05, 3.63) is 35.8 Å². The Morgan fingerprint density at radius 3 is 3.00 bits per heavy atom. The zero-order chi connectivity index (χ0) is 12.3. The highest BCUT2D eigenvalue weighted by Crippen LogP contribution is 2.25. The minimum Gasteiger partial charge on any atom is -0.508 e. The van der Waals surface area contributed by atoms with Crippen LogP contribution in [-0.4, -0.2) is 15.1 Å². The fourth-order valence-corrected chi connectivity index (χ4v) is 1.79. The number of nitrogens with one attached hydrogen (secondary N) is 1. The van der Waals surface area contributed by atoms with E-state index < -0.39 is 0 Å². The van der Waals surface area contributed by atoms with E-state index in [4.69, 9.17) is 5.26 Å². The number of H-pyrrole nitrogens is 1. The molecule has 0 saturated carbocycles. The van der Waals surface area contributed by atoms with Crippen molar-refractivity contribution in [3.8, 4) is 23.1 Å². The molecule has 0 atom stereocenters. The van der Waals surface area contributed by atoms with Crippen LogP contribution in [0.1, 0.15) is 17.9 Å². The van der Waals surface area contributed by atoms with Gasteiger partial charge in [-0.3, -0.25) is 0 Å². The zero-order valence-electron chi connectivity index (χ0n) is 9.57. The number of phenols is 1. The van der Waals surface area contributed by atoms with Gasteiger partial charge in [0.1, 0.15) is 11.6 Å². The van der Waals surface area contributed by atoms with Gasteiger partial charge in [-0.25, -0.2) is 4.98 Å². The van der Waals surface area contributed by atoms with Gasteiger partial charge in [-0.15, -0.1) is 0 Å². The van der Waals surface area contributed by atoms with Crippen molar-refractivity contribution in [3.63, 3.8) is 0 Å².